The fraction of sp³-hybridized carbons (Fsp3) is 0.308. The van der Waals surface area contributed by atoms with Crippen LogP contribution < -0.4 is 5.32 Å². The van der Waals surface area contributed by atoms with Gasteiger partial charge in [0.1, 0.15) is 5.82 Å². The fourth-order valence-electron chi connectivity index (χ4n) is 4.63. The summed E-state index contributed by atoms with van der Waals surface area (Å²) >= 11 is 12.7. The van der Waals surface area contributed by atoms with Crippen molar-refractivity contribution in [1.29, 1.82) is 0 Å². The summed E-state index contributed by atoms with van der Waals surface area (Å²) in [4.78, 5) is 13.3. The maximum atomic E-state index is 13.4. The zero-order valence-electron chi connectivity index (χ0n) is 18.5. The molecule has 0 saturated heterocycles. The number of nitrogens with zero attached hydrogens (tertiary/aromatic N) is 2. The highest BCUT2D eigenvalue weighted by Crippen LogP contribution is 2.35. The minimum atomic E-state index is -0.303. The number of carbonyl (C=O) groups excluding carboxylic acids is 1. The van der Waals surface area contributed by atoms with Crippen LogP contribution in [-0.4, -0.2) is 28.3 Å². The maximum absolute atomic E-state index is 13.4. The normalized spacial score (nSPS) is 17.6. The molecule has 1 aromatic heterocycles. The van der Waals surface area contributed by atoms with E-state index in [1.807, 2.05) is 6.08 Å². The summed E-state index contributed by atoms with van der Waals surface area (Å²) in [5.41, 5.74) is 4.05. The number of ether oxygens (including phenoxy) is 1. The smallest absolute Gasteiger partial charge is 0.272 e. The van der Waals surface area contributed by atoms with Crippen LogP contribution in [0.2, 0.25) is 10.0 Å². The molecule has 2 heterocycles. The van der Waals surface area contributed by atoms with E-state index in [2.05, 4.69) is 5.32 Å². The first-order valence-corrected chi connectivity index (χ1v) is 12.2. The highest BCUT2D eigenvalue weighted by molar-refractivity contribution is 6.35. The Morgan fingerprint density at radius 2 is 1.85 bits per heavy atom. The zero-order valence-corrected chi connectivity index (χ0v) is 20.0. The number of hydrogen-bond acceptors (Lipinski definition) is 3. The first kappa shape index (κ1) is 23.1. The lowest BCUT2D eigenvalue weighted by Crippen LogP contribution is -2.37. The molecule has 5 rings (SSSR count). The maximum Gasteiger partial charge on any atom is 0.272 e. The Labute approximate surface area is 207 Å². The summed E-state index contributed by atoms with van der Waals surface area (Å²) in [6, 6.07) is 11.5. The minimum absolute atomic E-state index is 0.153. The average molecular weight is 500 g/mol. The number of halogens is 3. The van der Waals surface area contributed by atoms with Gasteiger partial charge >= 0.3 is 0 Å². The number of rotatable bonds is 4. The molecule has 1 aliphatic heterocycles. The van der Waals surface area contributed by atoms with Crippen LogP contribution in [0.5, 0.6) is 0 Å². The molecule has 1 fully saturated rings. The van der Waals surface area contributed by atoms with E-state index in [9.17, 15) is 9.18 Å². The SMILES string of the molecule is O=C(NC1CCCCC1)c1nn(-c2ccc(Cl)cc2Cl)c2c1COCC2=Cc1ccc(F)cc1. The molecule has 1 saturated carbocycles. The van der Waals surface area contributed by atoms with Crippen molar-refractivity contribution < 1.29 is 13.9 Å². The molecular formula is C26H24Cl2FN3O2. The second-order valence-electron chi connectivity index (χ2n) is 8.71. The summed E-state index contributed by atoms with van der Waals surface area (Å²) in [7, 11) is 0. The monoisotopic (exact) mass is 499 g/mol. The third-order valence-electron chi connectivity index (χ3n) is 6.30. The zero-order chi connectivity index (χ0) is 23.7. The largest absolute Gasteiger partial charge is 0.372 e. The first-order chi connectivity index (χ1) is 16.5. The predicted molar refractivity (Wildman–Crippen MR) is 132 cm³/mol. The van der Waals surface area contributed by atoms with Crippen LogP contribution in [0.15, 0.2) is 42.5 Å². The Morgan fingerprint density at radius 1 is 1.09 bits per heavy atom. The van der Waals surface area contributed by atoms with Gasteiger partial charge in [-0.05, 0) is 54.8 Å². The van der Waals surface area contributed by atoms with E-state index in [4.69, 9.17) is 33.0 Å². The van der Waals surface area contributed by atoms with Gasteiger partial charge in [0.05, 0.1) is 29.6 Å². The van der Waals surface area contributed by atoms with Crippen LogP contribution >= 0.6 is 23.2 Å². The number of amides is 1. The first-order valence-electron chi connectivity index (χ1n) is 11.4. The summed E-state index contributed by atoms with van der Waals surface area (Å²) in [6.07, 6.45) is 7.31. The van der Waals surface area contributed by atoms with Crippen LogP contribution in [0.25, 0.3) is 17.3 Å². The lowest BCUT2D eigenvalue weighted by Gasteiger charge is -2.23. The van der Waals surface area contributed by atoms with Crippen molar-refractivity contribution in [1.82, 2.24) is 15.1 Å². The molecule has 0 unspecified atom stereocenters. The van der Waals surface area contributed by atoms with Crippen molar-refractivity contribution >= 4 is 40.8 Å². The molecule has 176 valence electrons. The summed E-state index contributed by atoms with van der Waals surface area (Å²) in [5.74, 6) is -0.513. The third-order valence-corrected chi connectivity index (χ3v) is 6.83. The van der Waals surface area contributed by atoms with Crippen molar-refractivity contribution in [3.8, 4) is 5.69 Å². The second kappa shape index (κ2) is 9.90. The second-order valence-corrected chi connectivity index (χ2v) is 9.55. The van der Waals surface area contributed by atoms with Gasteiger partial charge in [-0.3, -0.25) is 4.79 Å². The molecule has 0 radical (unpaired) electrons. The molecule has 1 N–H and O–H groups in total. The Morgan fingerprint density at radius 3 is 2.59 bits per heavy atom. The lowest BCUT2D eigenvalue weighted by molar-refractivity contribution is 0.0914. The van der Waals surface area contributed by atoms with E-state index >= 15 is 0 Å². The quantitative estimate of drug-likeness (QED) is 0.448. The molecule has 34 heavy (non-hydrogen) atoms. The van der Waals surface area contributed by atoms with Crippen LogP contribution in [0, 0.1) is 5.82 Å². The third kappa shape index (κ3) is 4.76. The van der Waals surface area contributed by atoms with E-state index < -0.39 is 0 Å². The van der Waals surface area contributed by atoms with Crippen LogP contribution in [0.1, 0.15) is 59.4 Å². The number of nitrogens with one attached hydrogen (secondary N) is 1. The number of benzene rings is 2. The Balaban J connectivity index is 1.61. The summed E-state index contributed by atoms with van der Waals surface area (Å²) in [5, 5.41) is 8.81. The van der Waals surface area contributed by atoms with Gasteiger partial charge in [0, 0.05) is 22.2 Å². The molecule has 0 atom stereocenters. The van der Waals surface area contributed by atoms with Crippen molar-refractivity contribution in [2.45, 2.75) is 44.8 Å². The standard InChI is InChI=1S/C26H24Cl2FN3O2/c27-18-8-11-23(22(28)13-18)32-25-17(12-16-6-9-19(29)10-7-16)14-34-15-21(25)24(31-32)26(33)30-20-4-2-1-3-5-20/h6-13,20H,1-5,14-15H2,(H,30,33). The molecule has 8 heteroatoms. The topological polar surface area (TPSA) is 56.2 Å². The highest BCUT2D eigenvalue weighted by atomic mass is 35.5. The van der Waals surface area contributed by atoms with Crippen molar-refractivity contribution in [2.75, 3.05) is 6.61 Å². The predicted octanol–water partition coefficient (Wildman–Crippen LogP) is 6.45. The molecule has 2 aromatic carbocycles. The van der Waals surface area contributed by atoms with Crippen molar-refractivity contribution in [2.24, 2.45) is 0 Å². The van der Waals surface area contributed by atoms with Gasteiger partial charge in [0.15, 0.2) is 5.69 Å². The van der Waals surface area contributed by atoms with E-state index in [0.717, 1.165) is 42.5 Å². The molecule has 3 aromatic rings. The van der Waals surface area contributed by atoms with Crippen LogP contribution in [0.4, 0.5) is 4.39 Å². The number of hydrogen-bond donors (Lipinski definition) is 1. The van der Waals surface area contributed by atoms with Gasteiger partial charge in [-0.15, -0.1) is 0 Å². The fourth-order valence-corrected chi connectivity index (χ4v) is 5.12. The Bertz CT molecular complexity index is 1250. The minimum Gasteiger partial charge on any atom is -0.372 e. The van der Waals surface area contributed by atoms with Gasteiger partial charge in [0.2, 0.25) is 0 Å². The van der Waals surface area contributed by atoms with E-state index in [1.54, 1.807) is 35.0 Å². The number of carbonyl (C=O) groups is 1. The van der Waals surface area contributed by atoms with Gasteiger partial charge < -0.3 is 10.1 Å². The molecular weight excluding hydrogens is 476 g/mol. The van der Waals surface area contributed by atoms with Crippen molar-refractivity contribution in [3.05, 3.63) is 80.8 Å². The molecule has 0 spiro atoms. The van der Waals surface area contributed by atoms with E-state index in [0.29, 0.717) is 33.6 Å². The summed E-state index contributed by atoms with van der Waals surface area (Å²) in [6.45, 7) is 0.583. The lowest BCUT2D eigenvalue weighted by atomic mass is 9.95. The molecule has 2 aliphatic rings. The molecule has 0 bridgehead atoms. The molecule has 1 amide bonds. The Hall–Kier alpha value is -2.67. The van der Waals surface area contributed by atoms with E-state index in [1.165, 1.54) is 18.6 Å². The highest BCUT2D eigenvalue weighted by Gasteiger charge is 2.30. The number of fused-ring (bicyclic) bond motifs is 1. The Kier molecular flexibility index (Phi) is 6.73. The molecule has 5 nitrogen and oxygen atoms in total. The summed E-state index contributed by atoms with van der Waals surface area (Å²) < 4.78 is 21.0. The van der Waals surface area contributed by atoms with Gasteiger partial charge in [-0.25, -0.2) is 9.07 Å². The van der Waals surface area contributed by atoms with Crippen LogP contribution in [-0.2, 0) is 11.3 Å². The van der Waals surface area contributed by atoms with E-state index in [-0.39, 0.29) is 24.4 Å². The van der Waals surface area contributed by atoms with Crippen molar-refractivity contribution in [3.63, 3.8) is 0 Å². The van der Waals surface area contributed by atoms with Crippen LogP contribution in [0.3, 0.4) is 0 Å². The van der Waals surface area contributed by atoms with Gasteiger partial charge in [0.25, 0.3) is 5.91 Å². The van der Waals surface area contributed by atoms with Gasteiger partial charge in [-0.1, -0.05) is 54.6 Å². The molecule has 1 aliphatic carbocycles. The number of aromatic nitrogens is 2. The average Bonchev–Trinajstić information content (AvgIpc) is 3.22. The van der Waals surface area contributed by atoms with Gasteiger partial charge in [-0.2, -0.15) is 5.10 Å².